The molecule has 11 N–H and O–H groups in total. The molecule has 0 fully saturated rings. The summed E-state index contributed by atoms with van der Waals surface area (Å²) < 4.78 is 10.8. The number of nitrogens with two attached hydrogens (primary N) is 3. The van der Waals surface area contributed by atoms with Crippen molar-refractivity contribution >= 4 is 58.2 Å². The number of Topliss-reactive ketones (excluding diaryl/α,β-unsaturated/α-hetero) is 1. The molecule has 18 heteroatoms. The molecule has 286 valence electrons. The third-order valence-electron chi connectivity index (χ3n) is 7.90. The van der Waals surface area contributed by atoms with E-state index in [1.807, 2.05) is 0 Å². The average Bonchev–Trinajstić information content (AvgIpc) is 3.06. The van der Waals surface area contributed by atoms with E-state index in [1.54, 1.807) is 34.6 Å². The summed E-state index contributed by atoms with van der Waals surface area (Å²) in [5.41, 5.74) is 14.1. The van der Waals surface area contributed by atoms with Gasteiger partial charge in [0.15, 0.2) is 11.7 Å². The summed E-state index contributed by atoms with van der Waals surface area (Å²) in [5, 5.41) is 19.8. The number of aliphatic imine (C=N–C) groups is 1. The number of nitrogens with one attached hydrogen (secondary N) is 4. The Bertz CT molecular complexity index is 1730. The van der Waals surface area contributed by atoms with Crippen molar-refractivity contribution in [2.24, 2.45) is 28.1 Å². The molecule has 1 aromatic carbocycles. The fourth-order valence-corrected chi connectivity index (χ4v) is 5.06. The summed E-state index contributed by atoms with van der Waals surface area (Å²) in [5.74, 6) is -4.75. The van der Waals surface area contributed by atoms with Gasteiger partial charge in [0, 0.05) is 18.5 Å². The maximum Gasteiger partial charge on any atom is 0.408 e. The second kappa shape index (κ2) is 19.2. The highest BCUT2D eigenvalue weighted by atomic mass is 16.6. The lowest BCUT2D eigenvalue weighted by molar-refractivity contribution is -0.137. The van der Waals surface area contributed by atoms with Gasteiger partial charge in [-0.05, 0) is 58.9 Å². The molecular formula is C34H50N8O10. The van der Waals surface area contributed by atoms with E-state index >= 15 is 0 Å². The molecule has 1 aromatic heterocycles. The van der Waals surface area contributed by atoms with Gasteiger partial charge in [0.2, 0.25) is 17.7 Å². The summed E-state index contributed by atoms with van der Waals surface area (Å²) in [6.07, 6.45) is -0.944. The minimum Gasteiger partial charge on any atom is -0.481 e. The predicted octanol–water partition coefficient (Wildman–Crippen LogP) is 1.01. The van der Waals surface area contributed by atoms with Crippen LogP contribution in [0.25, 0.3) is 11.0 Å². The van der Waals surface area contributed by atoms with Crippen LogP contribution in [-0.2, 0) is 23.9 Å². The lowest BCUT2D eigenvalue weighted by atomic mass is 9.93. The fraction of sp³-hybridized carbons (Fsp3) is 0.529. The number of hydrogen-bond acceptors (Lipinski definition) is 11. The van der Waals surface area contributed by atoms with E-state index in [0.717, 1.165) is 0 Å². The number of carbonyl (C=O) groups excluding carboxylic acids is 5. The van der Waals surface area contributed by atoms with Crippen molar-refractivity contribution < 1.29 is 43.0 Å². The molecule has 0 aliphatic rings. The predicted molar refractivity (Wildman–Crippen MR) is 192 cm³/mol. The standard InChI is InChI=1S/C34H50N8O10/c1-7-17(2)26(42-33(50)52-34(4,5)6)30(48)40-20(13-14-24(44)45)28(46)19-10-8-12-22-25(19)27(18(3)31(49)51-22)41-29(47)21(39-23(43)16-35)11-9-15-38-32(36)37/h8,10,12,17,20-21,26H,7,9,11,13-16,35H2,1-6H3,(H,39,43)(H,40,48)(H,41,47)(H,42,50)(H,44,45)(H4,36,37,38)/t17-,20-,21-,26-/m0/s1. The number of aliphatic carboxylic acids is 1. The molecule has 52 heavy (non-hydrogen) atoms. The molecule has 2 rings (SSSR count). The molecule has 0 bridgehead atoms. The van der Waals surface area contributed by atoms with Gasteiger partial charge in [-0.15, -0.1) is 0 Å². The molecule has 0 radical (unpaired) electrons. The molecule has 0 saturated heterocycles. The number of ketones is 1. The van der Waals surface area contributed by atoms with Crippen molar-refractivity contribution in [3.8, 4) is 0 Å². The number of alkyl carbamates (subject to hydrolysis) is 1. The van der Waals surface area contributed by atoms with Gasteiger partial charge in [0.1, 0.15) is 23.3 Å². The van der Waals surface area contributed by atoms with Crippen LogP contribution in [-0.4, -0.2) is 83.4 Å². The van der Waals surface area contributed by atoms with Crippen LogP contribution in [0, 0.1) is 12.8 Å². The third kappa shape index (κ3) is 12.7. The Balaban J connectivity index is 2.62. The van der Waals surface area contributed by atoms with Crippen LogP contribution in [0.4, 0.5) is 10.5 Å². The number of anilines is 1. The zero-order valence-electron chi connectivity index (χ0n) is 30.3. The molecule has 0 aliphatic heterocycles. The van der Waals surface area contributed by atoms with Crippen molar-refractivity contribution in [3.05, 3.63) is 39.7 Å². The SMILES string of the molecule is CC[C@H](C)[C@H](NC(=O)OC(C)(C)C)C(=O)N[C@@H](CCC(=O)O)C(=O)c1cccc2oc(=O)c(C)c(NC(=O)[C@H](CCCN=C(N)N)NC(=O)CN)c12. The first-order chi connectivity index (χ1) is 24.3. The van der Waals surface area contributed by atoms with Crippen molar-refractivity contribution in [1.82, 2.24) is 16.0 Å². The number of benzene rings is 1. The zero-order valence-corrected chi connectivity index (χ0v) is 30.3. The Hall–Kier alpha value is -5.52. The quantitative estimate of drug-likeness (QED) is 0.0350. The third-order valence-corrected chi connectivity index (χ3v) is 7.90. The molecular weight excluding hydrogens is 680 g/mol. The minimum absolute atomic E-state index is 0.0118. The first-order valence-electron chi connectivity index (χ1n) is 16.8. The van der Waals surface area contributed by atoms with Gasteiger partial charge in [0.25, 0.3) is 0 Å². The van der Waals surface area contributed by atoms with Gasteiger partial charge in [-0.2, -0.15) is 0 Å². The molecule has 4 atom stereocenters. The molecule has 4 amide bonds. The van der Waals surface area contributed by atoms with Crippen LogP contribution in [0.15, 0.2) is 32.4 Å². The fourth-order valence-electron chi connectivity index (χ4n) is 5.06. The van der Waals surface area contributed by atoms with Crippen LogP contribution < -0.4 is 44.1 Å². The van der Waals surface area contributed by atoms with E-state index in [9.17, 15) is 38.7 Å². The number of carboxylic acid groups (broad SMARTS) is 1. The Morgan fingerprint density at radius 3 is 2.25 bits per heavy atom. The lowest BCUT2D eigenvalue weighted by Gasteiger charge is -2.28. The Kier molecular flexibility index (Phi) is 15.7. The highest BCUT2D eigenvalue weighted by Crippen LogP contribution is 2.30. The lowest BCUT2D eigenvalue weighted by Crippen LogP contribution is -2.54. The van der Waals surface area contributed by atoms with Gasteiger partial charge in [-0.25, -0.2) is 9.59 Å². The minimum atomic E-state index is -1.44. The summed E-state index contributed by atoms with van der Waals surface area (Å²) in [4.78, 5) is 94.8. The molecule has 0 unspecified atom stereocenters. The maximum atomic E-state index is 14.3. The van der Waals surface area contributed by atoms with Crippen LogP contribution in [0.5, 0.6) is 0 Å². The topological polar surface area (TPSA) is 301 Å². The van der Waals surface area contributed by atoms with Crippen LogP contribution in [0.1, 0.15) is 82.6 Å². The van der Waals surface area contributed by atoms with Gasteiger partial charge >= 0.3 is 17.7 Å². The van der Waals surface area contributed by atoms with E-state index < -0.39 is 83.8 Å². The summed E-state index contributed by atoms with van der Waals surface area (Å²) in [7, 11) is 0. The number of nitrogens with zero attached hydrogens (tertiary/aromatic N) is 1. The van der Waals surface area contributed by atoms with E-state index in [4.69, 9.17) is 26.4 Å². The first kappa shape index (κ1) is 42.6. The number of fused-ring (bicyclic) bond motifs is 1. The van der Waals surface area contributed by atoms with Gasteiger partial charge in [0.05, 0.1) is 29.2 Å². The van der Waals surface area contributed by atoms with Crippen molar-refractivity contribution in [2.45, 2.75) is 97.4 Å². The van der Waals surface area contributed by atoms with E-state index in [-0.39, 0.29) is 59.6 Å². The van der Waals surface area contributed by atoms with E-state index in [0.29, 0.717) is 6.42 Å². The zero-order chi connectivity index (χ0) is 39.3. The van der Waals surface area contributed by atoms with Crippen LogP contribution in [0.2, 0.25) is 0 Å². The molecule has 0 aliphatic carbocycles. The monoisotopic (exact) mass is 730 g/mol. The van der Waals surface area contributed by atoms with Gasteiger partial charge < -0.3 is 52.7 Å². The first-order valence-corrected chi connectivity index (χ1v) is 16.8. The number of rotatable bonds is 18. The van der Waals surface area contributed by atoms with E-state index in [1.165, 1.54) is 25.1 Å². The van der Waals surface area contributed by atoms with Crippen molar-refractivity contribution in [3.63, 3.8) is 0 Å². The number of carbonyl (C=O) groups is 6. The maximum absolute atomic E-state index is 14.3. The molecule has 0 saturated carbocycles. The molecule has 2 aromatic rings. The number of amides is 4. The van der Waals surface area contributed by atoms with Crippen molar-refractivity contribution in [2.75, 3.05) is 18.4 Å². The number of carboxylic acids is 1. The Labute approximate surface area is 300 Å². The normalized spacial score (nSPS) is 13.5. The highest BCUT2D eigenvalue weighted by molar-refractivity contribution is 6.16. The number of hydrogen-bond donors (Lipinski definition) is 8. The summed E-state index contributed by atoms with van der Waals surface area (Å²) in [6.45, 7) is 9.57. The smallest absolute Gasteiger partial charge is 0.408 e. The summed E-state index contributed by atoms with van der Waals surface area (Å²) >= 11 is 0. The molecule has 1 heterocycles. The number of ether oxygens (including phenoxy) is 1. The van der Waals surface area contributed by atoms with Crippen molar-refractivity contribution in [1.29, 1.82) is 0 Å². The van der Waals surface area contributed by atoms with Crippen LogP contribution in [0.3, 0.4) is 0 Å². The second-order valence-electron chi connectivity index (χ2n) is 13.2. The number of guanidine groups is 1. The Morgan fingerprint density at radius 1 is 1.00 bits per heavy atom. The highest BCUT2D eigenvalue weighted by Gasteiger charge is 2.33. The van der Waals surface area contributed by atoms with Gasteiger partial charge in [-0.3, -0.25) is 29.0 Å². The Morgan fingerprint density at radius 2 is 1.67 bits per heavy atom. The second-order valence-corrected chi connectivity index (χ2v) is 13.2. The summed E-state index contributed by atoms with van der Waals surface area (Å²) in [6, 6.07) is 0.412. The van der Waals surface area contributed by atoms with Gasteiger partial charge in [-0.1, -0.05) is 32.4 Å². The van der Waals surface area contributed by atoms with Crippen LogP contribution >= 0.6 is 0 Å². The largest absolute Gasteiger partial charge is 0.481 e. The molecule has 0 spiro atoms. The average molecular weight is 731 g/mol. The van der Waals surface area contributed by atoms with E-state index in [2.05, 4.69) is 26.3 Å². The molecule has 18 nitrogen and oxygen atoms in total.